The highest BCUT2D eigenvalue weighted by atomic mass is 14.9. The SMILES string of the molecule is Cc1cnc2ccccc2c1NCCc1ccc(N)cc1. The zero-order valence-corrected chi connectivity index (χ0v) is 12.1. The van der Waals surface area contributed by atoms with Gasteiger partial charge in [0.25, 0.3) is 0 Å². The second-order valence-corrected chi connectivity index (χ2v) is 5.25. The van der Waals surface area contributed by atoms with E-state index in [9.17, 15) is 0 Å². The average molecular weight is 277 g/mol. The average Bonchev–Trinajstić information content (AvgIpc) is 2.51. The van der Waals surface area contributed by atoms with Crippen molar-refractivity contribution in [3.05, 3.63) is 65.9 Å². The highest BCUT2D eigenvalue weighted by Crippen LogP contribution is 2.25. The van der Waals surface area contributed by atoms with Gasteiger partial charge in [-0.25, -0.2) is 0 Å². The monoisotopic (exact) mass is 277 g/mol. The third kappa shape index (κ3) is 2.97. The highest BCUT2D eigenvalue weighted by Gasteiger charge is 2.04. The lowest BCUT2D eigenvalue weighted by Gasteiger charge is -2.12. The van der Waals surface area contributed by atoms with E-state index in [0.29, 0.717) is 0 Å². The zero-order chi connectivity index (χ0) is 14.7. The van der Waals surface area contributed by atoms with Crippen molar-refractivity contribution in [1.82, 2.24) is 4.98 Å². The van der Waals surface area contributed by atoms with E-state index >= 15 is 0 Å². The van der Waals surface area contributed by atoms with Gasteiger partial charge in [-0.05, 0) is 42.7 Å². The molecule has 3 N–H and O–H groups in total. The Morgan fingerprint density at radius 2 is 1.81 bits per heavy atom. The van der Waals surface area contributed by atoms with Crippen molar-refractivity contribution in [1.29, 1.82) is 0 Å². The fourth-order valence-corrected chi connectivity index (χ4v) is 2.49. The fraction of sp³-hybridized carbons (Fsp3) is 0.167. The summed E-state index contributed by atoms with van der Waals surface area (Å²) in [6.45, 7) is 2.98. The van der Waals surface area contributed by atoms with E-state index in [-0.39, 0.29) is 0 Å². The number of pyridine rings is 1. The summed E-state index contributed by atoms with van der Waals surface area (Å²) in [5, 5.41) is 4.72. The van der Waals surface area contributed by atoms with Crippen LogP contribution in [0.15, 0.2) is 54.7 Å². The Hall–Kier alpha value is -2.55. The Balaban J connectivity index is 1.76. The molecule has 0 spiro atoms. The Bertz CT molecular complexity index is 748. The van der Waals surface area contributed by atoms with Crippen molar-refractivity contribution in [2.75, 3.05) is 17.6 Å². The van der Waals surface area contributed by atoms with Crippen LogP contribution in [-0.4, -0.2) is 11.5 Å². The van der Waals surface area contributed by atoms with Gasteiger partial charge in [0.15, 0.2) is 0 Å². The molecular weight excluding hydrogens is 258 g/mol. The lowest BCUT2D eigenvalue weighted by Crippen LogP contribution is -2.07. The first-order valence-electron chi connectivity index (χ1n) is 7.16. The molecule has 3 heteroatoms. The van der Waals surface area contributed by atoms with Gasteiger partial charge in [0.1, 0.15) is 0 Å². The third-order valence-corrected chi connectivity index (χ3v) is 3.66. The Labute approximate surface area is 124 Å². The molecule has 3 nitrogen and oxygen atoms in total. The number of nitrogen functional groups attached to an aromatic ring is 1. The summed E-state index contributed by atoms with van der Waals surface area (Å²) >= 11 is 0. The lowest BCUT2D eigenvalue weighted by molar-refractivity contribution is 1.02. The molecule has 3 aromatic rings. The number of rotatable bonds is 4. The van der Waals surface area contributed by atoms with Crippen molar-refractivity contribution in [3.63, 3.8) is 0 Å². The maximum Gasteiger partial charge on any atom is 0.0722 e. The first-order valence-corrected chi connectivity index (χ1v) is 7.16. The molecule has 0 atom stereocenters. The van der Waals surface area contributed by atoms with Gasteiger partial charge in [0.05, 0.1) is 5.52 Å². The topological polar surface area (TPSA) is 50.9 Å². The molecule has 0 aliphatic rings. The summed E-state index contributed by atoms with van der Waals surface area (Å²) in [4.78, 5) is 4.46. The molecule has 0 amide bonds. The molecule has 21 heavy (non-hydrogen) atoms. The van der Waals surface area contributed by atoms with Gasteiger partial charge in [0.2, 0.25) is 0 Å². The molecule has 0 aliphatic carbocycles. The number of hydrogen-bond donors (Lipinski definition) is 2. The largest absolute Gasteiger partial charge is 0.399 e. The van der Waals surface area contributed by atoms with Crippen LogP contribution in [0, 0.1) is 6.92 Å². The fourth-order valence-electron chi connectivity index (χ4n) is 2.49. The maximum atomic E-state index is 5.71. The minimum Gasteiger partial charge on any atom is -0.399 e. The van der Waals surface area contributed by atoms with Crippen LogP contribution in [0.5, 0.6) is 0 Å². The first kappa shape index (κ1) is 13.4. The smallest absolute Gasteiger partial charge is 0.0722 e. The van der Waals surface area contributed by atoms with E-state index in [1.54, 1.807) is 0 Å². The number of fused-ring (bicyclic) bond motifs is 1. The molecule has 0 saturated heterocycles. The van der Waals surface area contributed by atoms with E-state index in [1.165, 1.54) is 22.2 Å². The summed E-state index contributed by atoms with van der Waals surface area (Å²) in [5.41, 5.74) is 11.2. The van der Waals surface area contributed by atoms with Gasteiger partial charge >= 0.3 is 0 Å². The highest BCUT2D eigenvalue weighted by molar-refractivity contribution is 5.92. The van der Waals surface area contributed by atoms with Crippen molar-refractivity contribution < 1.29 is 0 Å². The van der Waals surface area contributed by atoms with Gasteiger partial charge in [-0.15, -0.1) is 0 Å². The normalized spacial score (nSPS) is 10.7. The molecule has 0 radical (unpaired) electrons. The van der Waals surface area contributed by atoms with Crippen LogP contribution in [0.3, 0.4) is 0 Å². The molecule has 1 heterocycles. The van der Waals surface area contributed by atoms with Crippen LogP contribution in [0.25, 0.3) is 10.9 Å². The second-order valence-electron chi connectivity index (χ2n) is 5.25. The zero-order valence-electron chi connectivity index (χ0n) is 12.1. The second kappa shape index (κ2) is 5.83. The number of nitrogens with two attached hydrogens (primary N) is 1. The van der Waals surface area contributed by atoms with Gasteiger partial charge in [-0.2, -0.15) is 0 Å². The predicted molar refractivity (Wildman–Crippen MR) is 89.5 cm³/mol. The van der Waals surface area contributed by atoms with Gasteiger partial charge in [-0.1, -0.05) is 30.3 Å². The molecule has 0 saturated carbocycles. The maximum absolute atomic E-state index is 5.71. The van der Waals surface area contributed by atoms with Crippen LogP contribution in [0.2, 0.25) is 0 Å². The molecule has 0 bridgehead atoms. The van der Waals surface area contributed by atoms with E-state index in [2.05, 4.69) is 41.5 Å². The van der Waals surface area contributed by atoms with Crippen LogP contribution in [0.4, 0.5) is 11.4 Å². The van der Waals surface area contributed by atoms with Crippen LogP contribution in [-0.2, 0) is 6.42 Å². The first-order chi connectivity index (χ1) is 10.2. The van der Waals surface area contributed by atoms with E-state index < -0.39 is 0 Å². The molecule has 0 fully saturated rings. The number of anilines is 2. The molecular formula is C18H19N3. The number of para-hydroxylation sites is 1. The molecule has 0 aliphatic heterocycles. The number of hydrogen-bond acceptors (Lipinski definition) is 3. The van der Waals surface area contributed by atoms with Gasteiger partial charge < -0.3 is 11.1 Å². The Morgan fingerprint density at radius 1 is 1.05 bits per heavy atom. The van der Waals surface area contributed by atoms with Crippen LogP contribution >= 0.6 is 0 Å². The van der Waals surface area contributed by atoms with Crippen molar-refractivity contribution in [2.24, 2.45) is 0 Å². The summed E-state index contributed by atoms with van der Waals surface area (Å²) in [5.74, 6) is 0. The summed E-state index contributed by atoms with van der Waals surface area (Å²) in [6.07, 6.45) is 2.89. The van der Waals surface area contributed by atoms with Crippen molar-refractivity contribution >= 4 is 22.3 Å². The van der Waals surface area contributed by atoms with E-state index in [1.807, 2.05) is 30.5 Å². The van der Waals surface area contributed by atoms with E-state index in [4.69, 9.17) is 5.73 Å². The summed E-state index contributed by atoms with van der Waals surface area (Å²) in [7, 11) is 0. The summed E-state index contributed by atoms with van der Waals surface area (Å²) < 4.78 is 0. The molecule has 0 unspecified atom stereocenters. The standard InChI is InChI=1S/C18H19N3/c1-13-12-21-17-5-3-2-4-16(17)18(13)20-11-10-14-6-8-15(19)9-7-14/h2-9,12H,10-11,19H2,1H3,(H,20,21). The minimum absolute atomic E-state index is 0.808. The number of benzene rings is 2. The number of nitrogens with zero attached hydrogens (tertiary/aromatic N) is 1. The van der Waals surface area contributed by atoms with Crippen molar-refractivity contribution in [3.8, 4) is 0 Å². The quantitative estimate of drug-likeness (QED) is 0.713. The molecule has 1 aromatic heterocycles. The van der Waals surface area contributed by atoms with Gasteiger partial charge in [0, 0.05) is 29.5 Å². The summed E-state index contributed by atoms with van der Waals surface area (Å²) in [6, 6.07) is 16.3. The van der Waals surface area contributed by atoms with E-state index in [0.717, 1.165) is 24.2 Å². The van der Waals surface area contributed by atoms with Gasteiger partial charge in [-0.3, -0.25) is 4.98 Å². The molecule has 106 valence electrons. The Kier molecular flexibility index (Phi) is 3.73. The Morgan fingerprint density at radius 3 is 2.62 bits per heavy atom. The lowest BCUT2D eigenvalue weighted by atomic mass is 10.1. The minimum atomic E-state index is 0.808. The number of aromatic nitrogens is 1. The van der Waals surface area contributed by atoms with Crippen molar-refractivity contribution in [2.45, 2.75) is 13.3 Å². The molecule has 2 aromatic carbocycles. The number of nitrogens with one attached hydrogen (secondary N) is 1. The van der Waals surface area contributed by atoms with Crippen LogP contribution in [0.1, 0.15) is 11.1 Å². The number of aryl methyl sites for hydroxylation is 1. The third-order valence-electron chi connectivity index (χ3n) is 3.66. The van der Waals surface area contributed by atoms with Crippen LogP contribution < -0.4 is 11.1 Å². The molecule has 3 rings (SSSR count). The predicted octanol–water partition coefficient (Wildman–Crippen LogP) is 3.78.